The van der Waals surface area contributed by atoms with Crippen molar-refractivity contribution in [2.45, 2.75) is 6.92 Å². The van der Waals surface area contributed by atoms with Crippen LogP contribution in [0.1, 0.15) is 5.69 Å². The summed E-state index contributed by atoms with van der Waals surface area (Å²) < 4.78 is 7.14. The lowest BCUT2D eigenvalue weighted by Gasteiger charge is -2.11. The van der Waals surface area contributed by atoms with Gasteiger partial charge in [0.05, 0.1) is 30.2 Å². The number of hydrogen-bond acceptors (Lipinski definition) is 4. The van der Waals surface area contributed by atoms with Crippen LogP contribution in [0, 0.1) is 6.92 Å². The average molecular weight is 254 g/mol. The molecule has 3 heterocycles. The second-order valence-electron chi connectivity index (χ2n) is 4.29. The number of anilines is 1. The molecule has 0 aromatic carbocycles. The molecule has 19 heavy (non-hydrogen) atoms. The minimum Gasteiger partial charge on any atom is -0.495 e. The number of methoxy groups -OCH3 is 1. The summed E-state index contributed by atoms with van der Waals surface area (Å²) in [7, 11) is 1.62. The summed E-state index contributed by atoms with van der Waals surface area (Å²) in [5.41, 5.74) is 9.52. The molecule has 0 fully saturated rings. The first-order valence-corrected chi connectivity index (χ1v) is 5.95. The zero-order valence-corrected chi connectivity index (χ0v) is 10.8. The molecule has 5 heteroatoms. The molecule has 0 aliphatic carbocycles. The van der Waals surface area contributed by atoms with Gasteiger partial charge in [-0.1, -0.05) is 6.07 Å². The van der Waals surface area contributed by atoms with Gasteiger partial charge in [0.2, 0.25) is 0 Å². The maximum Gasteiger partial charge on any atom is 0.140 e. The molecule has 0 atom stereocenters. The van der Waals surface area contributed by atoms with Crippen molar-refractivity contribution in [1.82, 2.24) is 14.6 Å². The van der Waals surface area contributed by atoms with Crippen molar-refractivity contribution in [1.29, 1.82) is 0 Å². The molecule has 2 N–H and O–H groups in total. The zero-order valence-electron chi connectivity index (χ0n) is 10.8. The molecule has 0 unspecified atom stereocenters. The van der Waals surface area contributed by atoms with Gasteiger partial charge < -0.3 is 10.5 Å². The number of nitrogen functional groups attached to an aromatic ring is 1. The third kappa shape index (κ3) is 1.79. The van der Waals surface area contributed by atoms with Crippen LogP contribution in [-0.2, 0) is 0 Å². The molecular formula is C14H14N4O. The van der Waals surface area contributed by atoms with Crippen LogP contribution in [0.25, 0.3) is 16.8 Å². The molecule has 0 saturated heterocycles. The monoisotopic (exact) mass is 254 g/mol. The Morgan fingerprint density at radius 1 is 1.26 bits per heavy atom. The zero-order chi connectivity index (χ0) is 13.4. The summed E-state index contributed by atoms with van der Waals surface area (Å²) in [5.74, 6) is 1.19. The number of aryl methyl sites for hydroxylation is 1. The van der Waals surface area contributed by atoms with Crippen LogP contribution >= 0.6 is 0 Å². The van der Waals surface area contributed by atoms with Crippen molar-refractivity contribution in [3.05, 3.63) is 42.2 Å². The van der Waals surface area contributed by atoms with Gasteiger partial charge in [-0.15, -0.1) is 0 Å². The highest BCUT2D eigenvalue weighted by molar-refractivity contribution is 5.75. The molecule has 0 bridgehead atoms. The molecule has 3 rings (SSSR count). The predicted molar refractivity (Wildman–Crippen MR) is 74.1 cm³/mol. The summed E-state index contributed by atoms with van der Waals surface area (Å²) in [6.07, 6.45) is 1.76. The fraction of sp³-hybridized carbons (Fsp3) is 0.143. The number of fused-ring (bicyclic) bond motifs is 1. The average Bonchev–Trinajstić information content (AvgIpc) is 2.87. The standard InChI is InChI=1S/C14H14N4O/c1-9-13(19-2)8-11(14(15)17-9)12-5-3-4-10-6-7-16-18(10)12/h3-8H,1-2H3,(H2,15,17). The first-order chi connectivity index (χ1) is 9.20. The molecule has 3 aromatic heterocycles. The second kappa shape index (κ2) is 4.28. The van der Waals surface area contributed by atoms with Crippen molar-refractivity contribution in [2.24, 2.45) is 0 Å². The van der Waals surface area contributed by atoms with Crippen LogP contribution in [0.2, 0.25) is 0 Å². The lowest BCUT2D eigenvalue weighted by molar-refractivity contribution is 0.409. The van der Waals surface area contributed by atoms with Crippen molar-refractivity contribution >= 4 is 11.3 Å². The molecule has 0 spiro atoms. The lowest BCUT2D eigenvalue weighted by Crippen LogP contribution is -2.02. The molecule has 5 nitrogen and oxygen atoms in total. The van der Waals surface area contributed by atoms with Gasteiger partial charge in [-0.05, 0) is 31.2 Å². The summed E-state index contributed by atoms with van der Waals surface area (Å²) in [6.45, 7) is 1.87. The van der Waals surface area contributed by atoms with Gasteiger partial charge in [0.25, 0.3) is 0 Å². The van der Waals surface area contributed by atoms with Crippen LogP contribution in [0.4, 0.5) is 5.82 Å². The van der Waals surface area contributed by atoms with Gasteiger partial charge in [0, 0.05) is 5.56 Å². The van der Waals surface area contributed by atoms with Crippen LogP contribution in [-0.4, -0.2) is 21.7 Å². The molecule has 0 amide bonds. The quantitative estimate of drug-likeness (QED) is 0.762. The number of nitrogens with two attached hydrogens (primary N) is 1. The van der Waals surface area contributed by atoms with E-state index in [-0.39, 0.29) is 0 Å². The fourth-order valence-corrected chi connectivity index (χ4v) is 2.17. The van der Waals surface area contributed by atoms with Gasteiger partial charge >= 0.3 is 0 Å². The van der Waals surface area contributed by atoms with E-state index in [2.05, 4.69) is 10.1 Å². The van der Waals surface area contributed by atoms with Gasteiger partial charge in [0.15, 0.2) is 0 Å². The van der Waals surface area contributed by atoms with Gasteiger partial charge in [-0.2, -0.15) is 5.10 Å². The van der Waals surface area contributed by atoms with Gasteiger partial charge in [-0.25, -0.2) is 9.50 Å². The van der Waals surface area contributed by atoms with Crippen LogP contribution in [0.3, 0.4) is 0 Å². The normalized spacial score (nSPS) is 10.8. The summed E-state index contributed by atoms with van der Waals surface area (Å²) >= 11 is 0. The van der Waals surface area contributed by atoms with E-state index in [9.17, 15) is 0 Å². The third-order valence-electron chi connectivity index (χ3n) is 3.11. The minimum atomic E-state index is 0.473. The molecule has 96 valence electrons. The van der Waals surface area contributed by atoms with E-state index in [1.165, 1.54) is 0 Å². The van der Waals surface area contributed by atoms with E-state index in [0.29, 0.717) is 11.6 Å². The lowest BCUT2D eigenvalue weighted by atomic mass is 10.1. The number of ether oxygens (including phenoxy) is 1. The number of aromatic nitrogens is 3. The molecule has 0 aliphatic rings. The van der Waals surface area contributed by atoms with Gasteiger partial charge in [0.1, 0.15) is 11.6 Å². The van der Waals surface area contributed by atoms with E-state index < -0.39 is 0 Å². The summed E-state index contributed by atoms with van der Waals surface area (Å²) in [6, 6.07) is 9.76. The van der Waals surface area contributed by atoms with E-state index in [1.54, 1.807) is 13.3 Å². The van der Waals surface area contributed by atoms with E-state index in [4.69, 9.17) is 10.5 Å². The van der Waals surface area contributed by atoms with E-state index in [0.717, 1.165) is 22.5 Å². The Bertz CT molecular complexity index is 748. The summed E-state index contributed by atoms with van der Waals surface area (Å²) in [4.78, 5) is 4.32. The van der Waals surface area contributed by atoms with Crippen molar-refractivity contribution in [3.63, 3.8) is 0 Å². The van der Waals surface area contributed by atoms with Crippen LogP contribution in [0.15, 0.2) is 36.5 Å². The minimum absolute atomic E-state index is 0.473. The van der Waals surface area contributed by atoms with Gasteiger partial charge in [-0.3, -0.25) is 0 Å². The highest BCUT2D eigenvalue weighted by Crippen LogP contribution is 2.30. The highest BCUT2D eigenvalue weighted by Gasteiger charge is 2.12. The Hall–Kier alpha value is -2.56. The smallest absolute Gasteiger partial charge is 0.140 e. The topological polar surface area (TPSA) is 65.4 Å². The molecule has 0 aliphatic heterocycles. The predicted octanol–water partition coefficient (Wildman–Crippen LogP) is 2.30. The fourth-order valence-electron chi connectivity index (χ4n) is 2.17. The largest absolute Gasteiger partial charge is 0.495 e. The maximum atomic E-state index is 6.03. The van der Waals surface area contributed by atoms with Crippen molar-refractivity contribution < 1.29 is 4.74 Å². The Morgan fingerprint density at radius 3 is 2.89 bits per heavy atom. The van der Waals surface area contributed by atoms with E-state index >= 15 is 0 Å². The molecule has 3 aromatic rings. The van der Waals surface area contributed by atoms with E-state index in [1.807, 2.05) is 41.8 Å². The first kappa shape index (κ1) is 11.5. The van der Waals surface area contributed by atoms with Crippen molar-refractivity contribution in [2.75, 3.05) is 12.8 Å². The molecule has 0 radical (unpaired) electrons. The SMILES string of the molecule is COc1cc(-c2cccc3ccnn23)c(N)nc1C. The highest BCUT2D eigenvalue weighted by atomic mass is 16.5. The van der Waals surface area contributed by atoms with Crippen LogP contribution < -0.4 is 10.5 Å². The Labute approximate surface area is 110 Å². The Kier molecular flexibility index (Phi) is 2.59. The Balaban J connectivity index is 2.29. The first-order valence-electron chi connectivity index (χ1n) is 5.95. The maximum absolute atomic E-state index is 6.03. The number of pyridine rings is 2. The Morgan fingerprint density at radius 2 is 2.11 bits per heavy atom. The number of rotatable bonds is 2. The second-order valence-corrected chi connectivity index (χ2v) is 4.29. The molecule has 0 saturated carbocycles. The third-order valence-corrected chi connectivity index (χ3v) is 3.11. The van der Waals surface area contributed by atoms with Crippen LogP contribution in [0.5, 0.6) is 5.75 Å². The van der Waals surface area contributed by atoms with Crippen molar-refractivity contribution in [3.8, 4) is 17.0 Å². The number of hydrogen-bond donors (Lipinski definition) is 1. The molecular weight excluding hydrogens is 240 g/mol. The summed E-state index contributed by atoms with van der Waals surface area (Å²) in [5, 5.41) is 4.31. The number of nitrogens with zero attached hydrogens (tertiary/aromatic N) is 3.